The van der Waals surface area contributed by atoms with Gasteiger partial charge in [-0.25, -0.2) is 0 Å². The highest BCUT2D eigenvalue weighted by atomic mass is 35.5. The fourth-order valence-electron chi connectivity index (χ4n) is 3.28. The van der Waals surface area contributed by atoms with E-state index in [1.165, 1.54) is 0 Å². The molecule has 0 fully saturated rings. The van der Waals surface area contributed by atoms with Crippen LogP contribution in [0.15, 0.2) is 0 Å². The molecular formula is C18H30Cl4N3O2P. The van der Waals surface area contributed by atoms with Crippen molar-refractivity contribution in [2.45, 2.75) is 41.5 Å². The minimum atomic E-state index is -2.55. The van der Waals surface area contributed by atoms with Crippen LogP contribution < -0.4 is 9.63 Å². The van der Waals surface area contributed by atoms with E-state index < -0.39 is 13.7 Å². The van der Waals surface area contributed by atoms with Crippen LogP contribution >= 0.6 is 54.3 Å². The van der Waals surface area contributed by atoms with Crippen molar-refractivity contribution in [2.75, 3.05) is 39.3 Å². The third-order valence-corrected chi connectivity index (χ3v) is 10.7. The fraction of sp³-hybridized carbons (Fsp3) is 0.667. The Labute approximate surface area is 190 Å². The van der Waals surface area contributed by atoms with Crippen molar-refractivity contribution in [3.63, 3.8) is 0 Å². The number of benzene rings is 1. The first-order chi connectivity index (χ1) is 13.2. The smallest absolute Gasteiger partial charge is 0.417 e. The van der Waals surface area contributed by atoms with Gasteiger partial charge in [0.1, 0.15) is 10.0 Å². The molecular weight excluding hydrogens is 463 g/mol. The van der Waals surface area contributed by atoms with Gasteiger partial charge in [0.25, 0.3) is 0 Å². The van der Waals surface area contributed by atoms with Crippen molar-refractivity contribution >= 4 is 54.3 Å². The van der Waals surface area contributed by atoms with Crippen LogP contribution in [0.2, 0.25) is 20.1 Å². The fourth-order valence-corrected chi connectivity index (χ4v) is 8.34. The quantitative estimate of drug-likeness (QED) is 0.262. The Kier molecular flexibility index (Phi) is 10.9. The molecule has 1 aromatic rings. The monoisotopic (exact) mass is 491 g/mol. The summed E-state index contributed by atoms with van der Waals surface area (Å²) in [7, 11) is -2.55. The van der Waals surface area contributed by atoms with Crippen LogP contribution in [0.1, 0.15) is 41.5 Å². The minimum absolute atomic E-state index is 0.00286. The molecule has 0 bridgehead atoms. The lowest BCUT2D eigenvalue weighted by molar-refractivity contribution is -0.268. The zero-order valence-electron chi connectivity index (χ0n) is 17.4. The highest BCUT2D eigenvalue weighted by molar-refractivity contribution is 7.64. The van der Waals surface area contributed by atoms with Crippen molar-refractivity contribution in [1.29, 1.82) is 0 Å². The van der Waals surface area contributed by atoms with Gasteiger partial charge in [0.2, 0.25) is 5.75 Å². The molecule has 0 spiro atoms. The van der Waals surface area contributed by atoms with E-state index in [4.69, 9.17) is 50.9 Å². The maximum absolute atomic E-state index is 12.2. The number of nitrogens with zero attached hydrogens (tertiary/aromatic N) is 3. The van der Waals surface area contributed by atoms with Crippen molar-refractivity contribution < 1.29 is 9.63 Å². The first kappa shape index (κ1) is 26.3. The Morgan fingerprint density at radius 2 is 0.929 bits per heavy atom. The topological polar surface area (TPSA) is 42.0 Å². The van der Waals surface area contributed by atoms with Crippen LogP contribution in [0.25, 0.3) is 0 Å². The SMILES string of the molecule is CCN(CC)[P+](Oc1c(Cl)c(Cl)c([O-])c(Cl)c1Cl)(N(CC)CC)N(CC)CC. The number of halogens is 4. The van der Waals surface area contributed by atoms with Crippen molar-refractivity contribution in [1.82, 2.24) is 14.0 Å². The second-order valence-corrected chi connectivity index (χ2v) is 10.4. The van der Waals surface area contributed by atoms with Crippen molar-refractivity contribution in [3.05, 3.63) is 20.1 Å². The summed E-state index contributed by atoms with van der Waals surface area (Å²) in [5.41, 5.74) is 0. The Morgan fingerprint density at radius 1 is 0.643 bits per heavy atom. The van der Waals surface area contributed by atoms with Crippen LogP contribution in [0.4, 0.5) is 0 Å². The molecule has 0 N–H and O–H groups in total. The highest BCUT2D eigenvalue weighted by Gasteiger charge is 2.58. The molecule has 0 aliphatic heterocycles. The van der Waals surface area contributed by atoms with Gasteiger partial charge in [-0.2, -0.15) is 0 Å². The number of hydrogen-bond donors (Lipinski definition) is 0. The summed E-state index contributed by atoms with van der Waals surface area (Å²) in [4.78, 5) is 0. The summed E-state index contributed by atoms with van der Waals surface area (Å²) in [6, 6.07) is 0. The second kappa shape index (κ2) is 11.6. The second-order valence-electron chi connectivity index (χ2n) is 5.94. The van der Waals surface area contributed by atoms with Crippen LogP contribution in [-0.4, -0.2) is 53.3 Å². The highest BCUT2D eigenvalue weighted by Crippen LogP contribution is 2.69. The molecule has 28 heavy (non-hydrogen) atoms. The lowest BCUT2D eigenvalue weighted by Gasteiger charge is -2.43. The third kappa shape index (κ3) is 4.78. The van der Waals surface area contributed by atoms with Gasteiger partial charge in [0.05, 0.1) is 10.0 Å². The predicted octanol–water partition coefficient (Wildman–Crippen LogP) is 6.46. The molecule has 162 valence electrons. The van der Waals surface area contributed by atoms with Gasteiger partial charge < -0.3 is 5.11 Å². The Bertz CT molecular complexity index is 594. The van der Waals surface area contributed by atoms with E-state index in [9.17, 15) is 5.11 Å². The zero-order chi connectivity index (χ0) is 21.6. The summed E-state index contributed by atoms with van der Waals surface area (Å²) in [5, 5.41) is 11.8. The molecule has 0 amide bonds. The average Bonchev–Trinajstić information content (AvgIpc) is 2.70. The molecule has 0 radical (unpaired) electrons. The van der Waals surface area contributed by atoms with Gasteiger partial charge in [0.15, 0.2) is 0 Å². The molecule has 0 saturated heterocycles. The van der Waals surface area contributed by atoms with E-state index in [0.29, 0.717) is 0 Å². The Hall–Kier alpha value is 0.290. The average molecular weight is 493 g/mol. The van der Waals surface area contributed by atoms with Crippen LogP contribution in [0.3, 0.4) is 0 Å². The van der Waals surface area contributed by atoms with E-state index >= 15 is 0 Å². The van der Waals surface area contributed by atoms with Gasteiger partial charge in [-0.05, 0) is 41.5 Å². The van der Waals surface area contributed by atoms with Crippen molar-refractivity contribution in [3.8, 4) is 11.5 Å². The maximum atomic E-state index is 12.2. The molecule has 5 nitrogen and oxygen atoms in total. The molecule has 0 heterocycles. The molecule has 0 aromatic heterocycles. The standard InChI is InChI=1S/C18H30Cl4N3O2P/c1-7-23(8-2)28(24(9-3)10-4,25(11-5)12-6)27-18-15(21)13(19)17(26)14(20)16(18)22/h7-12H2,1-6H3. The molecule has 0 atom stereocenters. The van der Waals surface area contributed by atoms with Gasteiger partial charge in [0, 0.05) is 39.3 Å². The van der Waals surface area contributed by atoms with Crippen LogP contribution in [0, 0.1) is 0 Å². The molecule has 1 aromatic carbocycles. The number of hydrogen-bond acceptors (Lipinski definition) is 5. The molecule has 0 unspecified atom stereocenters. The zero-order valence-corrected chi connectivity index (χ0v) is 21.3. The van der Waals surface area contributed by atoms with Crippen LogP contribution in [0.5, 0.6) is 11.5 Å². The first-order valence-electron chi connectivity index (χ1n) is 9.59. The Balaban J connectivity index is 3.83. The minimum Gasteiger partial charge on any atom is -0.870 e. The van der Waals surface area contributed by atoms with E-state index in [1.54, 1.807) is 0 Å². The molecule has 1 rings (SSSR count). The van der Waals surface area contributed by atoms with Crippen LogP contribution in [-0.2, 0) is 0 Å². The predicted molar refractivity (Wildman–Crippen MR) is 122 cm³/mol. The van der Waals surface area contributed by atoms with E-state index in [2.05, 4.69) is 55.6 Å². The number of rotatable bonds is 11. The van der Waals surface area contributed by atoms with E-state index in [0.717, 1.165) is 39.3 Å². The lowest BCUT2D eigenvalue weighted by Crippen LogP contribution is -2.48. The summed E-state index contributed by atoms with van der Waals surface area (Å²) < 4.78 is 13.6. The summed E-state index contributed by atoms with van der Waals surface area (Å²) >= 11 is 25.1. The third-order valence-electron chi connectivity index (χ3n) is 4.69. The van der Waals surface area contributed by atoms with Gasteiger partial charge in [-0.15, -0.1) is 14.0 Å². The van der Waals surface area contributed by atoms with Gasteiger partial charge in [-0.1, -0.05) is 52.2 Å². The first-order valence-corrected chi connectivity index (χ1v) is 12.7. The largest absolute Gasteiger partial charge is 0.870 e. The molecule has 0 aliphatic carbocycles. The van der Waals surface area contributed by atoms with Gasteiger partial charge in [-0.3, -0.25) is 4.52 Å². The summed E-state index contributed by atoms with van der Waals surface area (Å²) in [6.45, 7) is 17.2. The molecule has 0 saturated carbocycles. The summed E-state index contributed by atoms with van der Waals surface area (Å²) in [5.74, 6) is -0.430. The summed E-state index contributed by atoms with van der Waals surface area (Å²) in [6.07, 6.45) is 0. The maximum Gasteiger partial charge on any atom is 0.417 e. The Morgan fingerprint density at radius 3 is 1.18 bits per heavy atom. The van der Waals surface area contributed by atoms with E-state index in [1.807, 2.05) is 0 Å². The normalized spacial score (nSPS) is 12.5. The molecule has 0 aliphatic rings. The van der Waals surface area contributed by atoms with E-state index in [-0.39, 0.29) is 25.8 Å². The molecule has 10 heteroatoms. The van der Waals surface area contributed by atoms with Gasteiger partial charge >= 0.3 is 7.94 Å². The lowest BCUT2D eigenvalue weighted by atomic mass is 10.3. The van der Waals surface area contributed by atoms with Crippen molar-refractivity contribution in [2.24, 2.45) is 0 Å².